The number of para-hydroxylation sites is 1. The maximum Gasteiger partial charge on any atom is 0.338 e. The van der Waals surface area contributed by atoms with Crippen LogP contribution in [-0.4, -0.2) is 31.4 Å². The Morgan fingerprint density at radius 3 is 2.52 bits per heavy atom. The van der Waals surface area contributed by atoms with E-state index in [2.05, 4.69) is 4.99 Å². The average molecular weight is 465 g/mol. The summed E-state index contributed by atoms with van der Waals surface area (Å²) >= 11 is 1.27. The number of fused-ring (bicyclic) bond motifs is 1. The van der Waals surface area contributed by atoms with Crippen molar-refractivity contribution in [2.75, 3.05) is 20.8 Å². The molecular weight excluding hydrogens is 440 g/mol. The zero-order valence-electron chi connectivity index (χ0n) is 18.8. The Bertz CT molecular complexity index is 1400. The van der Waals surface area contributed by atoms with E-state index in [1.165, 1.54) is 11.3 Å². The summed E-state index contributed by atoms with van der Waals surface area (Å²) in [5.74, 6) is 0.859. The van der Waals surface area contributed by atoms with E-state index in [0.717, 1.165) is 11.1 Å². The van der Waals surface area contributed by atoms with Crippen molar-refractivity contribution >= 4 is 23.4 Å². The van der Waals surface area contributed by atoms with Crippen LogP contribution in [0, 0.1) is 0 Å². The molecule has 4 rings (SSSR count). The number of thiazole rings is 1. The number of esters is 1. The number of carbonyl (C=O) groups excluding carboxylic acids is 1. The summed E-state index contributed by atoms with van der Waals surface area (Å²) in [6.07, 6.45) is 1.79. The summed E-state index contributed by atoms with van der Waals surface area (Å²) in [7, 11) is 3.18. The van der Waals surface area contributed by atoms with Gasteiger partial charge in [-0.1, -0.05) is 41.7 Å². The van der Waals surface area contributed by atoms with Crippen LogP contribution in [0.4, 0.5) is 0 Å². The van der Waals surface area contributed by atoms with E-state index in [1.54, 1.807) is 50.8 Å². The molecule has 3 aromatic rings. The fraction of sp³-hybridized carbons (Fsp3) is 0.240. The van der Waals surface area contributed by atoms with Crippen molar-refractivity contribution in [1.82, 2.24) is 4.57 Å². The average Bonchev–Trinajstić information content (AvgIpc) is 3.13. The summed E-state index contributed by atoms with van der Waals surface area (Å²) in [5, 5.41) is 0. The Morgan fingerprint density at radius 1 is 1.12 bits per heavy atom. The summed E-state index contributed by atoms with van der Waals surface area (Å²) in [6.45, 7) is 3.74. The predicted octanol–water partition coefficient (Wildman–Crippen LogP) is 2.82. The third kappa shape index (κ3) is 4.21. The van der Waals surface area contributed by atoms with Crippen molar-refractivity contribution in [1.29, 1.82) is 0 Å². The summed E-state index contributed by atoms with van der Waals surface area (Å²) < 4.78 is 18.1. The topological polar surface area (TPSA) is 79.1 Å². The van der Waals surface area contributed by atoms with Gasteiger partial charge >= 0.3 is 5.97 Å². The Morgan fingerprint density at radius 2 is 1.85 bits per heavy atom. The minimum atomic E-state index is -0.661. The molecule has 2 heterocycles. The Kier molecular flexibility index (Phi) is 6.46. The number of aromatic nitrogens is 1. The van der Waals surface area contributed by atoms with E-state index >= 15 is 0 Å². The van der Waals surface area contributed by atoms with Crippen molar-refractivity contribution in [2.24, 2.45) is 4.99 Å². The van der Waals surface area contributed by atoms with Crippen LogP contribution in [0.5, 0.6) is 11.5 Å². The summed E-state index contributed by atoms with van der Waals surface area (Å²) in [5.41, 5.74) is 2.18. The van der Waals surface area contributed by atoms with Gasteiger partial charge in [-0.25, -0.2) is 9.79 Å². The fourth-order valence-electron chi connectivity index (χ4n) is 3.82. The fourth-order valence-corrected chi connectivity index (χ4v) is 4.86. The first-order valence-corrected chi connectivity index (χ1v) is 11.3. The lowest BCUT2D eigenvalue weighted by Crippen LogP contribution is -2.39. The van der Waals surface area contributed by atoms with Gasteiger partial charge in [-0.15, -0.1) is 0 Å². The van der Waals surface area contributed by atoms with E-state index in [0.29, 0.717) is 32.1 Å². The molecule has 1 aliphatic heterocycles. The SMILES string of the molecule is CCOC(=O)C1=C(C)N=c2s/c(=C/c3ccccc3OC)c(=O)n2C1c1ccc(OC)cc1. The van der Waals surface area contributed by atoms with E-state index in [-0.39, 0.29) is 12.2 Å². The smallest absolute Gasteiger partial charge is 0.338 e. The van der Waals surface area contributed by atoms with E-state index in [1.807, 2.05) is 36.4 Å². The van der Waals surface area contributed by atoms with Crippen molar-refractivity contribution in [3.63, 3.8) is 0 Å². The van der Waals surface area contributed by atoms with Gasteiger partial charge in [0.1, 0.15) is 11.5 Å². The molecule has 0 saturated heterocycles. The van der Waals surface area contributed by atoms with Crippen LogP contribution < -0.4 is 24.4 Å². The monoisotopic (exact) mass is 464 g/mol. The van der Waals surface area contributed by atoms with Gasteiger partial charge < -0.3 is 14.2 Å². The lowest BCUT2D eigenvalue weighted by Gasteiger charge is -2.24. The summed E-state index contributed by atoms with van der Waals surface area (Å²) in [6, 6.07) is 14.1. The highest BCUT2D eigenvalue weighted by Crippen LogP contribution is 2.31. The van der Waals surface area contributed by atoms with Crippen LogP contribution in [-0.2, 0) is 9.53 Å². The molecule has 0 aliphatic carbocycles. The quantitative estimate of drug-likeness (QED) is 0.524. The van der Waals surface area contributed by atoms with Gasteiger partial charge in [-0.05, 0) is 43.7 Å². The number of hydrogen-bond donors (Lipinski definition) is 0. The molecule has 170 valence electrons. The standard InChI is InChI=1S/C25H24N2O5S/c1-5-32-24(29)21-15(2)26-25-27(22(21)16-10-12-18(30-3)13-11-16)23(28)20(33-25)14-17-8-6-7-9-19(17)31-4/h6-14,22H,5H2,1-4H3/b20-14+. The molecule has 8 heteroatoms. The molecule has 0 amide bonds. The zero-order chi connectivity index (χ0) is 23.5. The first-order chi connectivity index (χ1) is 16.0. The van der Waals surface area contributed by atoms with Crippen LogP contribution in [0.2, 0.25) is 0 Å². The van der Waals surface area contributed by atoms with Gasteiger partial charge in [0, 0.05) is 5.56 Å². The first kappa shape index (κ1) is 22.5. The van der Waals surface area contributed by atoms with Gasteiger partial charge in [0.25, 0.3) is 5.56 Å². The van der Waals surface area contributed by atoms with Crippen LogP contribution in [0.3, 0.4) is 0 Å². The molecule has 0 bridgehead atoms. The molecule has 7 nitrogen and oxygen atoms in total. The maximum absolute atomic E-state index is 13.6. The minimum Gasteiger partial charge on any atom is -0.497 e. The largest absolute Gasteiger partial charge is 0.497 e. The van der Waals surface area contributed by atoms with Crippen molar-refractivity contribution < 1.29 is 19.0 Å². The molecular formula is C25H24N2O5S. The lowest BCUT2D eigenvalue weighted by atomic mass is 9.96. The van der Waals surface area contributed by atoms with E-state index in [4.69, 9.17) is 14.2 Å². The predicted molar refractivity (Wildman–Crippen MR) is 126 cm³/mol. The number of allylic oxidation sites excluding steroid dienone is 1. The number of hydrogen-bond acceptors (Lipinski definition) is 7. The van der Waals surface area contributed by atoms with Crippen LogP contribution >= 0.6 is 11.3 Å². The molecule has 0 fully saturated rings. The van der Waals surface area contributed by atoms with Gasteiger partial charge in [-0.3, -0.25) is 9.36 Å². The minimum absolute atomic E-state index is 0.225. The van der Waals surface area contributed by atoms with Gasteiger partial charge in [0.15, 0.2) is 4.80 Å². The summed E-state index contributed by atoms with van der Waals surface area (Å²) in [4.78, 5) is 31.6. The van der Waals surface area contributed by atoms with E-state index < -0.39 is 12.0 Å². The number of ether oxygens (including phenoxy) is 3. The molecule has 0 radical (unpaired) electrons. The molecule has 0 saturated carbocycles. The van der Waals surface area contributed by atoms with Crippen LogP contribution in [0.1, 0.15) is 31.0 Å². The first-order valence-electron chi connectivity index (χ1n) is 10.4. The lowest BCUT2D eigenvalue weighted by molar-refractivity contribution is -0.139. The number of rotatable bonds is 6. The molecule has 1 atom stereocenters. The third-order valence-corrected chi connectivity index (χ3v) is 6.36. The van der Waals surface area contributed by atoms with Crippen molar-refractivity contribution in [3.8, 4) is 11.5 Å². The van der Waals surface area contributed by atoms with Crippen LogP contribution in [0.25, 0.3) is 6.08 Å². The maximum atomic E-state index is 13.6. The van der Waals surface area contributed by atoms with Crippen molar-refractivity contribution in [2.45, 2.75) is 19.9 Å². The van der Waals surface area contributed by atoms with Gasteiger partial charge in [0.2, 0.25) is 0 Å². The highest BCUT2D eigenvalue weighted by atomic mass is 32.1. The second-order valence-electron chi connectivity index (χ2n) is 7.32. The molecule has 33 heavy (non-hydrogen) atoms. The van der Waals surface area contributed by atoms with E-state index in [9.17, 15) is 9.59 Å². The highest BCUT2D eigenvalue weighted by molar-refractivity contribution is 7.07. The number of carbonyl (C=O) groups is 1. The molecule has 1 aromatic heterocycles. The number of methoxy groups -OCH3 is 2. The Hall–Kier alpha value is -3.65. The van der Waals surface area contributed by atoms with Gasteiger partial charge in [0.05, 0.1) is 42.7 Å². The molecule has 0 spiro atoms. The number of nitrogens with zero attached hydrogens (tertiary/aromatic N) is 2. The Labute approximate surface area is 194 Å². The number of benzene rings is 2. The molecule has 0 N–H and O–H groups in total. The third-order valence-electron chi connectivity index (χ3n) is 5.37. The highest BCUT2D eigenvalue weighted by Gasteiger charge is 2.33. The normalized spacial score (nSPS) is 15.6. The second kappa shape index (κ2) is 9.46. The molecule has 1 aliphatic rings. The van der Waals surface area contributed by atoms with Crippen LogP contribution in [0.15, 0.2) is 69.6 Å². The molecule has 2 aromatic carbocycles. The van der Waals surface area contributed by atoms with Gasteiger partial charge in [-0.2, -0.15) is 0 Å². The second-order valence-corrected chi connectivity index (χ2v) is 8.33. The molecule has 1 unspecified atom stereocenters. The zero-order valence-corrected chi connectivity index (χ0v) is 19.6. The van der Waals surface area contributed by atoms with Crippen molar-refractivity contribution in [3.05, 3.63) is 90.6 Å². The Balaban J connectivity index is 1.95.